The summed E-state index contributed by atoms with van der Waals surface area (Å²) >= 11 is 0. The molecule has 0 aliphatic carbocycles. The molecular formula is C8H15N3O4. The molecule has 0 radical (unpaired) electrons. The fraction of sp³-hybridized carbons (Fsp3) is 0.625. The number of hydrogen-bond acceptors (Lipinski definition) is 4. The molecule has 7 heteroatoms. The number of likely N-dealkylation sites (N-methyl/N-ethyl adjacent to an activating group) is 1. The lowest BCUT2D eigenvalue weighted by atomic mass is 10.2. The number of primary amides is 1. The van der Waals surface area contributed by atoms with Crippen molar-refractivity contribution in [3.05, 3.63) is 0 Å². The van der Waals surface area contributed by atoms with E-state index in [0.717, 1.165) is 0 Å². The van der Waals surface area contributed by atoms with Crippen molar-refractivity contribution in [1.29, 1.82) is 0 Å². The van der Waals surface area contributed by atoms with Gasteiger partial charge in [0.2, 0.25) is 11.8 Å². The van der Waals surface area contributed by atoms with E-state index in [-0.39, 0.29) is 6.54 Å². The van der Waals surface area contributed by atoms with Crippen LogP contribution in [0.2, 0.25) is 0 Å². The lowest BCUT2D eigenvalue weighted by Gasteiger charge is -2.12. The number of carboxylic acids is 1. The van der Waals surface area contributed by atoms with Crippen LogP contribution in [0, 0.1) is 0 Å². The average Bonchev–Trinajstić information content (AvgIpc) is 2.12. The Kier molecular flexibility index (Phi) is 6.03. The summed E-state index contributed by atoms with van der Waals surface area (Å²) in [4.78, 5) is 32.2. The number of carbonyl (C=O) groups excluding carboxylic acids is 2. The lowest BCUT2D eigenvalue weighted by Crippen LogP contribution is -2.46. The third-order valence-corrected chi connectivity index (χ3v) is 1.57. The Morgan fingerprint density at radius 1 is 1.40 bits per heavy atom. The van der Waals surface area contributed by atoms with E-state index in [9.17, 15) is 14.4 Å². The number of carboxylic acid groups (broad SMARTS) is 1. The normalized spacial score (nSPS) is 11.8. The van der Waals surface area contributed by atoms with Crippen molar-refractivity contribution < 1.29 is 19.5 Å². The fourth-order valence-electron chi connectivity index (χ4n) is 0.885. The number of hydrogen-bond donors (Lipinski definition) is 4. The second kappa shape index (κ2) is 6.77. The van der Waals surface area contributed by atoms with Gasteiger partial charge >= 0.3 is 5.97 Å². The molecule has 1 atom stereocenters. The third kappa shape index (κ3) is 6.44. The van der Waals surface area contributed by atoms with Gasteiger partial charge < -0.3 is 21.5 Å². The molecule has 0 saturated carbocycles. The summed E-state index contributed by atoms with van der Waals surface area (Å²) in [6, 6.07) is -1.26. The van der Waals surface area contributed by atoms with Crippen molar-refractivity contribution in [2.45, 2.75) is 19.4 Å². The van der Waals surface area contributed by atoms with E-state index in [2.05, 4.69) is 10.6 Å². The van der Waals surface area contributed by atoms with Crippen LogP contribution in [0.15, 0.2) is 0 Å². The monoisotopic (exact) mass is 217 g/mol. The zero-order valence-electron chi connectivity index (χ0n) is 8.45. The molecular weight excluding hydrogens is 202 g/mol. The van der Waals surface area contributed by atoms with Gasteiger partial charge in [-0.1, -0.05) is 6.92 Å². The molecule has 0 fully saturated rings. The summed E-state index contributed by atoms with van der Waals surface area (Å²) in [5.41, 5.74) is 4.84. The first-order valence-electron chi connectivity index (χ1n) is 4.48. The molecule has 2 amide bonds. The van der Waals surface area contributed by atoms with Gasteiger partial charge in [0.05, 0.1) is 13.0 Å². The molecule has 0 aromatic carbocycles. The zero-order chi connectivity index (χ0) is 11.8. The molecule has 15 heavy (non-hydrogen) atoms. The first-order valence-corrected chi connectivity index (χ1v) is 4.48. The van der Waals surface area contributed by atoms with Gasteiger partial charge in [0.15, 0.2) is 0 Å². The number of rotatable bonds is 7. The lowest BCUT2D eigenvalue weighted by molar-refractivity contribution is -0.143. The van der Waals surface area contributed by atoms with E-state index in [1.54, 1.807) is 0 Å². The SMILES string of the molecule is CCNCC(=O)N[C@@H](CC(N)=O)C(=O)O. The van der Waals surface area contributed by atoms with Crippen LogP contribution in [0.1, 0.15) is 13.3 Å². The highest BCUT2D eigenvalue weighted by Gasteiger charge is 2.21. The van der Waals surface area contributed by atoms with Gasteiger partial charge in [-0.25, -0.2) is 4.79 Å². The molecule has 0 aromatic heterocycles. The summed E-state index contributed by atoms with van der Waals surface area (Å²) in [6.45, 7) is 2.42. The van der Waals surface area contributed by atoms with E-state index < -0.39 is 30.2 Å². The largest absolute Gasteiger partial charge is 0.480 e. The quantitative estimate of drug-likeness (QED) is 0.394. The topological polar surface area (TPSA) is 122 Å². The van der Waals surface area contributed by atoms with Crippen LogP contribution in [-0.4, -0.2) is 42.0 Å². The van der Waals surface area contributed by atoms with Gasteiger partial charge in [0.25, 0.3) is 0 Å². The Bertz CT molecular complexity index is 254. The number of nitrogens with two attached hydrogens (primary N) is 1. The average molecular weight is 217 g/mol. The third-order valence-electron chi connectivity index (χ3n) is 1.57. The standard InChI is InChI=1S/C8H15N3O4/c1-2-10-4-7(13)11-5(8(14)15)3-6(9)12/h5,10H,2-4H2,1H3,(H2,9,12)(H,11,13)(H,14,15)/t5-/m0/s1. The number of aliphatic carboxylic acids is 1. The number of amides is 2. The molecule has 0 aromatic rings. The van der Waals surface area contributed by atoms with Gasteiger partial charge in [0, 0.05) is 0 Å². The van der Waals surface area contributed by atoms with Gasteiger partial charge in [-0.05, 0) is 6.54 Å². The fourth-order valence-corrected chi connectivity index (χ4v) is 0.885. The highest BCUT2D eigenvalue weighted by atomic mass is 16.4. The van der Waals surface area contributed by atoms with E-state index in [4.69, 9.17) is 10.8 Å². The van der Waals surface area contributed by atoms with Crippen molar-refractivity contribution in [2.75, 3.05) is 13.1 Å². The minimum Gasteiger partial charge on any atom is -0.480 e. The van der Waals surface area contributed by atoms with Crippen LogP contribution in [0.4, 0.5) is 0 Å². The molecule has 7 nitrogen and oxygen atoms in total. The van der Waals surface area contributed by atoms with Crippen LogP contribution in [0.25, 0.3) is 0 Å². The molecule has 0 aliphatic rings. The van der Waals surface area contributed by atoms with Gasteiger partial charge in [-0.3, -0.25) is 9.59 Å². The Balaban J connectivity index is 4.10. The highest BCUT2D eigenvalue weighted by Crippen LogP contribution is 1.91. The summed E-state index contributed by atoms with van der Waals surface area (Å²) in [5.74, 6) is -2.53. The van der Waals surface area contributed by atoms with Gasteiger partial charge in [-0.2, -0.15) is 0 Å². The zero-order valence-corrected chi connectivity index (χ0v) is 8.45. The van der Waals surface area contributed by atoms with Crippen molar-refractivity contribution in [3.8, 4) is 0 Å². The van der Waals surface area contributed by atoms with E-state index in [0.29, 0.717) is 6.54 Å². The summed E-state index contributed by atoms with van der Waals surface area (Å²) in [5, 5.41) is 13.6. The second-order valence-electron chi connectivity index (χ2n) is 2.91. The molecule has 5 N–H and O–H groups in total. The molecule has 0 aliphatic heterocycles. The molecule has 0 spiro atoms. The number of nitrogens with one attached hydrogen (secondary N) is 2. The minimum atomic E-state index is -1.28. The summed E-state index contributed by atoms with van der Waals surface area (Å²) in [6.07, 6.45) is -0.410. The highest BCUT2D eigenvalue weighted by molar-refractivity contribution is 5.88. The van der Waals surface area contributed by atoms with Crippen LogP contribution < -0.4 is 16.4 Å². The maximum atomic E-state index is 11.1. The molecule has 0 rings (SSSR count). The van der Waals surface area contributed by atoms with Crippen molar-refractivity contribution in [2.24, 2.45) is 5.73 Å². The van der Waals surface area contributed by atoms with E-state index in [1.165, 1.54) is 0 Å². The summed E-state index contributed by atoms with van der Waals surface area (Å²) < 4.78 is 0. The van der Waals surface area contributed by atoms with Gasteiger partial charge in [-0.15, -0.1) is 0 Å². The Labute approximate surface area is 87.0 Å². The summed E-state index contributed by atoms with van der Waals surface area (Å²) in [7, 11) is 0. The van der Waals surface area contributed by atoms with Crippen LogP contribution in [0.5, 0.6) is 0 Å². The van der Waals surface area contributed by atoms with Crippen LogP contribution in [-0.2, 0) is 14.4 Å². The predicted octanol–water partition coefficient (Wildman–Crippen LogP) is -1.96. The smallest absolute Gasteiger partial charge is 0.326 e. The van der Waals surface area contributed by atoms with Crippen LogP contribution in [0.3, 0.4) is 0 Å². The van der Waals surface area contributed by atoms with E-state index >= 15 is 0 Å². The van der Waals surface area contributed by atoms with Crippen molar-refractivity contribution in [3.63, 3.8) is 0 Å². The van der Waals surface area contributed by atoms with Crippen LogP contribution >= 0.6 is 0 Å². The maximum Gasteiger partial charge on any atom is 0.326 e. The first-order chi connectivity index (χ1) is 6.97. The number of carbonyl (C=O) groups is 3. The molecule has 0 unspecified atom stereocenters. The Hall–Kier alpha value is -1.63. The molecule has 0 saturated heterocycles. The first kappa shape index (κ1) is 13.4. The molecule has 0 bridgehead atoms. The van der Waals surface area contributed by atoms with Crippen molar-refractivity contribution >= 4 is 17.8 Å². The van der Waals surface area contributed by atoms with E-state index in [1.807, 2.05) is 6.92 Å². The Morgan fingerprint density at radius 2 is 2.00 bits per heavy atom. The Morgan fingerprint density at radius 3 is 2.40 bits per heavy atom. The molecule has 0 heterocycles. The second-order valence-corrected chi connectivity index (χ2v) is 2.91. The maximum absolute atomic E-state index is 11.1. The minimum absolute atomic E-state index is 0.0129. The predicted molar refractivity (Wildman–Crippen MR) is 51.9 cm³/mol. The van der Waals surface area contributed by atoms with Crippen molar-refractivity contribution in [1.82, 2.24) is 10.6 Å². The van der Waals surface area contributed by atoms with Gasteiger partial charge in [0.1, 0.15) is 6.04 Å². The molecule has 86 valence electrons.